The second-order valence-corrected chi connectivity index (χ2v) is 5.62. The fraction of sp³-hybridized carbons (Fsp3) is 0.333. The summed E-state index contributed by atoms with van der Waals surface area (Å²) >= 11 is 5.99. The molecule has 0 atom stereocenters. The molecule has 1 aromatic carbocycles. The lowest BCUT2D eigenvalue weighted by Gasteiger charge is -2.11. The highest BCUT2D eigenvalue weighted by molar-refractivity contribution is 6.32. The van der Waals surface area contributed by atoms with Crippen LogP contribution in [-0.4, -0.2) is 51.9 Å². The molecule has 0 saturated carbocycles. The SMILES string of the molecule is COCCOCOc1cc(-n2nnc3c(cnn3C)c2=O)c(F)cc1Cl. The predicted octanol–water partition coefficient (Wildman–Crippen LogP) is 1.31. The first-order chi connectivity index (χ1) is 12.5. The van der Waals surface area contributed by atoms with Gasteiger partial charge in [-0.25, -0.2) is 9.07 Å². The summed E-state index contributed by atoms with van der Waals surface area (Å²) in [5, 5.41) is 11.9. The third-order valence-corrected chi connectivity index (χ3v) is 3.81. The van der Waals surface area contributed by atoms with E-state index in [1.54, 1.807) is 14.2 Å². The standard InChI is InChI=1S/C15H15ClFN5O4/c1-21-14-9(7-18-21)15(23)22(20-19-14)12-6-13(10(16)5-11(12)17)26-8-25-4-3-24-2/h5-7H,3-4,8H2,1-2H3. The maximum Gasteiger partial charge on any atom is 0.285 e. The maximum atomic E-state index is 14.4. The lowest BCUT2D eigenvalue weighted by atomic mass is 10.3. The lowest BCUT2D eigenvalue weighted by molar-refractivity contribution is -0.00846. The zero-order valence-electron chi connectivity index (χ0n) is 14.0. The predicted molar refractivity (Wildman–Crippen MR) is 90.2 cm³/mol. The minimum absolute atomic E-state index is 0.0325. The maximum absolute atomic E-state index is 14.4. The Kier molecular flexibility index (Phi) is 5.45. The van der Waals surface area contributed by atoms with Crippen molar-refractivity contribution in [2.75, 3.05) is 27.1 Å². The number of hydrogen-bond donors (Lipinski definition) is 0. The Bertz CT molecular complexity index is 990. The van der Waals surface area contributed by atoms with Crippen LogP contribution >= 0.6 is 11.6 Å². The van der Waals surface area contributed by atoms with Crippen LogP contribution in [0.5, 0.6) is 5.75 Å². The Balaban J connectivity index is 1.94. The third kappa shape index (κ3) is 3.52. The molecular formula is C15H15ClFN5O4. The molecule has 26 heavy (non-hydrogen) atoms. The zero-order chi connectivity index (χ0) is 18.7. The van der Waals surface area contributed by atoms with E-state index in [0.29, 0.717) is 18.9 Å². The van der Waals surface area contributed by atoms with E-state index < -0.39 is 11.4 Å². The Morgan fingerprint density at radius 2 is 2.12 bits per heavy atom. The number of halogens is 2. The van der Waals surface area contributed by atoms with Gasteiger partial charge >= 0.3 is 0 Å². The van der Waals surface area contributed by atoms with Gasteiger partial charge in [0, 0.05) is 20.2 Å². The summed E-state index contributed by atoms with van der Waals surface area (Å²) in [5.41, 5.74) is -0.417. The average molecular weight is 384 g/mol. The van der Waals surface area contributed by atoms with Gasteiger partial charge in [0.05, 0.1) is 24.4 Å². The largest absolute Gasteiger partial charge is 0.466 e. The lowest BCUT2D eigenvalue weighted by Crippen LogP contribution is -2.23. The van der Waals surface area contributed by atoms with Crippen LogP contribution in [0.2, 0.25) is 5.02 Å². The molecule has 0 aliphatic carbocycles. The van der Waals surface area contributed by atoms with Crippen LogP contribution in [0.25, 0.3) is 16.7 Å². The summed E-state index contributed by atoms with van der Waals surface area (Å²) in [6, 6.07) is 2.29. The van der Waals surface area contributed by atoms with Crippen LogP contribution in [0, 0.1) is 5.82 Å². The number of benzene rings is 1. The van der Waals surface area contributed by atoms with Gasteiger partial charge in [0.1, 0.15) is 16.8 Å². The monoisotopic (exact) mass is 383 g/mol. The van der Waals surface area contributed by atoms with Crippen molar-refractivity contribution in [1.82, 2.24) is 24.8 Å². The molecule has 3 rings (SSSR count). The minimum atomic E-state index is -0.748. The quantitative estimate of drug-likeness (QED) is 0.448. The Labute approximate surface area is 151 Å². The highest BCUT2D eigenvalue weighted by atomic mass is 35.5. The summed E-state index contributed by atoms with van der Waals surface area (Å²) in [6.07, 6.45) is 1.34. The van der Waals surface area contributed by atoms with Gasteiger partial charge in [-0.3, -0.25) is 4.79 Å². The van der Waals surface area contributed by atoms with Crippen LogP contribution in [0.3, 0.4) is 0 Å². The average Bonchev–Trinajstić information content (AvgIpc) is 2.99. The van der Waals surface area contributed by atoms with Crippen molar-refractivity contribution < 1.29 is 18.6 Å². The number of ether oxygens (including phenoxy) is 3. The van der Waals surface area contributed by atoms with Crippen molar-refractivity contribution >= 4 is 22.6 Å². The van der Waals surface area contributed by atoms with Crippen LogP contribution in [-0.2, 0) is 16.5 Å². The highest BCUT2D eigenvalue weighted by Gasteiger charge is 2.17. The Morgan fingerprint density at radius 1 is 1.31 bits per heavy atom. The third-order valence-electron chi connectivity index (χ3n) is 3.52. The van der Waals surface area contributed by atoms with E-state index in [9.17, 15) is 9.18 Å². The molecule has 2 aromatic heterocycles. The van der Waals surface area contributed by atoms with Crippen molar-refractivity contribution in [2.24, 2.45) is 7.05 Å². The van der Waals surface area contributed by atoms with Gasteiger partial charge in [-0.1, -0.05) is 16.8 Å². The van der Waals surface area contributed by atoms with Gasteiger partial charge < -0.3 is 14.2 Å². The second-order valence-electron chi connectivity index (χ2n) is 5.21. The molecule has 0 unspecified atom stereocenters. The van der Waals surface area contributed by atoms with Gasteiger partial charge in [0.25, 0.3) is 5.56 Å². The van der Waals surface area contributed by atoms with Gasteiger partial charge in [-0.2, -0.15) is 9.78 Å². The smallest absolute Gasteiger partial charge is 0.285 e. The first-order valence-electron chi connectivity index (χ1n) is 7.49. The van der Waals surface area contributed by atoms with Crippen molar-refractivity contribution in [3.05, 3.63) is 39.5 Å². The molecule has 3 aromatic rings. The number of nitrogens with zero attached hydrogens (tertiary/aromatic N) is 5. The fourth-order valence-corrected chi connectivity index (χ4v) is 2.40. The van der Waals surface area contributed by atoms with E-state index >= 15 is 0 Å². The first-order valence-corrected chi connectivity index (χ1v) is 7.87. The first kappa shape index (κ1) is 18.2. The van der Waals surface area contributed by atoms with E-state index in [4.69, 9.17) is 25.8 Å². The van der Waals surface area contributed by atoms with Crippen LogP contribution in [0.4, 0.5) is 4.39 Å². The van der Waals surface area contributed by atoms with Gasteiger partial charge in [0.15, 0.2) is 18.3 Å². The number of methoxy groups -OCH3 is 1. The Morgan fingerprint density at radius 3 is 2.88 bits per heavy atom. The summed E-state index contributed by atoms with van der Waals surface area (Å²) < 4.78 is 32.0. The summed E-state index contributed by atoms with van der Waals surface area (Å²) in [4.78, 5) is 12.6. The van der Waals surface area contributed by atoms with E-state index in [2.05, 4.69) is 15.4 Å². The molecule has 0 N–H and O–H groups in total. The number of aryl methyl sites for hydroxylation is 1. The summed E-state index contributed by atoms with van der Waals surface area (Å²) in [6.45, 7) is 0.614. The fourth-order valence-electron chi connectivity index (χ4n) is 2.20. The van der Waals surface area contributed by atoms with Crippen LogP contribution in [0.1, 0.15) is 0 Å². The molecule has 0 amide bonds. The molecule has 138 valence electrons. The number of fused-ring (bicyclic) bond motifs is 1. The molecule has 9 nitrogen and oxygen atoms in total. The van der Waals surface area contributed by atoms with Crippen molar-refractivity contribution in [2.45, 2.75) is 0 Å². The van der Waals surface area contributed by atoms with Crippen molar-refractivity contribution in [3.8, 4) is 11.4 Å². The zero-order valence-corrected chi connectivity index (χ0v) is 14.7. The second kappa shape index (κ2) is 7.77. The molecule has 0 spiro atoms. The van der Waals surface area contributed by atoms with E-state index in [1.807, 2.05) is 0 Å². The summed E-state index contributed by atoms with van der Waals surface area (Å²) in [7, 11) is 3.17. The van der Waals surface area contributed by atoms with E-state index in [-0.39, 0.29) is 28.6 Å². The molecule has 0 aliphatic heterocycles. The topological polar surface area (TPSA) is 93.3 Å². The van der Waals surface area contributed by atoms with Gasteiger partial charge in [-0.05, 0) is 6.07 Å². The minimum Gasteiger partial charge on any atom is -0.466 e. The van der Waals surface area contributed by atoms with Gasteiger partial charge in [0.2, 0.25) is 0 Å². The van der Waals surface area contributed by atoms with E-state index in [1.165, 1.54) is 16.9 Å². The molecule has 0 saturated heterocycles. The highest BCUT2D eigenvalue weighted by Crippen LogP contribution is 2.29. The molecule has 0 bridgehead atoms. The molecular weight excluding hydrogens is 369 g/mol. The number of aromatic nitrogens is 5. The summed E-state index contributed by atoms with van der Waals surface area (Å²) in [5.74, 6) is -0.609. The molecule has 0 fully saturated rings. The van der Waals surface area contributed by atoms with E-state index in [0.717, 1.165) is 10.7 Å². The van der Waals surface area contributed by atoms with Crippen LogP contribution in [0.15, 0.2) is 23.1 Å². The van der Waals surface area contributed by atoms with Crippen molar-refractivity contribution in [1.29, 1.82) is 0 Å². The molecule has 0 aliphatic rings. The van der Waals surface area contributed by atoms with Crippen LogP contribution < -0.4 is 10.3 Å². The van der Waals surface area contributed by atoms with Gasteiger partial charge in [-0.15, -0.1) is 5.10 Å². The normalized spacial score (nSPS) is 11.2. The van der Waals surface area contributed by atoms with Crippen molar-refractivity contribution in [3.63, 3.8) is 0 Å². The number of hydrogen-bond acceptors (Lipinski definition) is 7. The number of rotatable bonds is 7. The molecule has 2 heterocycles. The molecule has 11 heteroatoms. The molecule has 0 radical (unpaired) electrons. The Hall–Kier alpha value is -2.56.